The zero-order valence-electron chi connectivity index (χ0n) is 8.60. The molecule has 3 nitrogen and oxygen atoms in total. The standard InChI is InChI=1S/C11H17NO2/c1-3-14-10-6-4-9(5-7-10)11(12)8(2)13/h4-8,11,13H,3,12H2,1-2H3/t8-,11+/m0/s1. The van der Waals surface area contributed by atoms with Crippen LogP contribution in [0.25, 0.3) is 0 Å². The average Bonchev–Trinajstić information content (AvgIpc) is 2.18. The minimum Gasteiger partial charge on any atom is -0.494 e. The van der Waals surface area contributed by atoms with Gasteiger partial charge in [-0.3, -0.25) is 0 Å². The van der Waals surface area contributed by atoms with Crippen LogP contribution in [0.3, 0.4) is 0 Å². The van der Waals surface area contributed by atoms with E-state index < -0.39 is 6.10 Å². The van der Waals surface area contributed by atoms with Gasteiger partial charge in [-0.1, -0.05) is 12.1 Å². The predicted octanol–water partition coefficient (Wildman–Crippen LogP) is 1.47. The fraction of sp³-hybridized carbons (Fsp3) is 0.455. The second kappa shape index (κ2) is 4.98. The summed E-state index contributed by atoms with van der Waals surface area (Å²) >= 11 is 0. The van der Waals surface area contributed by atoms with Crippen LogP contribution in [0, 0.1) is 0 Å². The molecular weight excluding hydrogens is 178 g/mol. The molecule has 0 heterocycles. The maximum absolute atomic E-state index is 9.29. The molecule has 1 rings (SSSR count). The largest absolute Gasteiger partial charge is 0.494 e. The van der Waals surface area contributed by atoms with Gasteiger partial charge < -0.3 is 15.6 Å². The number of benzene rings is 1. The topological polar surface area (TPSA) is 55.5 Å². The number of rotatable bonds is 4. The van der Waals surface area contributed by atoms with E-state index in [0.29, 0.717) is 6.61 Å². The van der Waals surface area contributed by atoms with Crippen LogP contribution in [-0.2, 0) is 0 Å². The molecule has 0 saturated heterocycles. The number of hydrogen-bond acceptors (Lipinski definition) is 3. The Labute approximate surface area is 84.5 Å². The monoisotopic (exact) mass is 195 g/mol. The van der Waals surface area contributed by atoms with Crippen molar-refractivity contribution >= 4 is 0 Å². The van der Waals surface area contributed by atoms with Crippen molar-refractivity contribution in [2.24, 2.45) is 5.73 Å². The van der Waals surface area contributed by atoms with Crippen molar-refractivity contribution in [3.8, 4) is 5.75 Å². The van der Waals surface area contributed by atoms with Gasteiger partial charge in [-0.05, 0) is 31.5 Å². The average molecular weight is 195 g/mol. The van der Waals surface area contributed by atoms with Gasteiger partial charge in [0.2, 0.25) is 0 Å². The molecule has 0 aliphatic heterocycles. The second-order valence-corrected chi connectivity index (χ2v) is 3.27. The summed E-state index contributed by atoms with van der Waals surface area (Å²) < 4.78 is 5.30. The van der Waals surface area contributed by atoms with Gasteiger partial charge in [-0.15, -0.1) is 0 Å². The van der Waals surface area contributed by atoms with Gasteiger partial charge in [0, 0.05) is 0 Å². The Morgan fingerprint density at radius 3 is 2.36 bits per heavy atom. The summed E-state index contributed by atoms with van der Waals surface area (Å²) in [5.41, 5.74) is 6.69. The van der Waals surface area contributed by atoms with Crippen LogP contribution in [0.5, 0.6) is 5.75 Å². The Kier molecular flexibility index (Phi) is 3.92. The molecule has 1 aromatic carbocycles. The van der Waals surface area contributed by atoms with E-state index in [1.165, 1.54) is 0 Å². The quantitative estimate of drug-likeness (QED) is 0.764. The maximum Gasteiger partial charge on any atom is 0.119 e. The highest BCUT2D eigenvalue weighted by molar-refractivity contribution is 5.29. The molecule has 3 N–H and O–H groups in total. The van der Waals surface area contributed by atoms with Gasteiger partial charge in [0.1, 0.15) is 5.75 Å². The minimum absolute atomic E-state index is 0.328. The van der Waals surface area contributed by atoms with Gasteiger partial charge in [0.25, 0.3) is 0 Å². The van der Waals surface area contributed by atoms with Gasteiger partial charge in [0.05, 0.1) is 18.8 Å². The zero-order valence-corrected chi connectivity index (χ0v) is 8.60. The summed E-state index contributed by atoms with van der Waals surface area (Å²) in [6.07, 6.45) is -0.534. The Bertz CT molecular complexity index is 269. The lowest BCUT2D eigenvalue weighted by atomic mass is 10.0. The van der Waals surface area contributed by atoms with Crippen molar-refractivity contribution in [3.05, 3.63) is 29.8 Å². The lowest BCUT2D eigenvalue weighted by Gasteiger charge is -2.15. The molecule has 3 heteroatoms. The predicted molar refractivity (Wildman–Crippen MR) is 56.2 cm³/mol. The molecule has 2 atom stereocenters. The highest BCUT2D eigenvalue weighted by Gasteiger charge is 2.11. The Morgan fingerprint density at radius 2 is 1.93 bits per heavy atom. The van der Waals surface area contributed by atoms with Crippen molar-refractivity contribution in [1.29, 1.82) is 0 Å². The highest BCUT2D eigenvalue weighted by Crippen LogP contribution is 2.18. The van der Waals surface area contributed by atoms with Crippen LogP contribution in [-0.4, -0.2) is 17.8 Å². The number of aliphatic hydroxyl groups excluding tert-OH is 1. The Hall–Kier alpha value is -1.06. The Balaban J connectivity index is 2.72. The molecule has 0 saturated carbocycles. The first-order valence-electron chi connectivity index (χ1n) is 4.81. The van der Waals surface area contributed by atoms with Gasteiger partial charge in [-0.2, -0.15) is 0 Å². The first-order valence-corrected chi connectivity index (χ1v) is 4.81. The number of aliphatic hydroxyl groups is 1. The molecule has 14 heavy (non-hydrogen) atoms. The number of ether oxygens (including phenoxy) is 1. The van der Waals surface area contributed by atoms with Gasteiger partial charge in [-0.25, -0.2) is 0 Å². The maximum atomic E-state index is 9.29. The molecule has 0 aliphatic carbocycles. The van der Waals surface area contributed by atoms with E-state index in [4.69, 9.17) is 10.5 Å². The molecule has 0 aliphatic rings. The summed E-state index contributed by atoms with van der Waals surface area (Å²) in [6.45, 7) is 4.28. The summed E-state index contributed by atoms with van der Waals surface area (Å²) in [5, 5.41) is 9.29. The van der Waals surface area contributed by atoms with Crippen molar-refractivity contribution < 1.29 is 9.84 Å². The van der Waals surface area contributed by atoms with E-state index in [1.807, 2.05) is 31.2 Å². The van der Waals surface area contributed by atoms with Crippen LogP contribution < -0.4 is 10.5 Å². The number of nitrogens with two attached hydrogens (primary N) is 1. The molecule has 0 spiro atoms. The molecular formula is C11H17NO2. The van der Waals surface area contributed by atoms with Crippen LogP contribution in [0.1, 0.15) is 25.5 Å². The normalized spacial score (nSPS) is 14.9. The van der Waals surface area contributed by atoms with E-state index in [9.17, 15) is 5.11 Å². The van der Waals surface area contributed by atoms with Crippen molar-refractivity contribution in [2.75, 3.05) is 6.61 Å². The third kappa shape index (κ3) is 2.72. The van der Waals surface area contributed by atoms with Crippen LogP contribution in [0.15, 0.2) is 24.3 Å². The van der Waals surface area contributed by atoms with E-state index >= 15 is 0 Å². The molecule has 0 fully saturated rings. The first kappa shape index (κ1) is 11.0. The lowest BCUT2D eigenvalue weighted by molar-refractivity contribution is 0.164. The summed E-state index contributed by atoms with van der Waals surface area (Å²) in [5.74, 6) is 0.828. The van der Waals surface area contributed by atoms with Crippen LogP contribution in [0.4, 0.5) is 0 Å². The molecule has 0 amide bonds. The zero-order chi connectivity index (χ0) is 10.6. The van der Waals surface area contributed by atoms with Crippen LogP contribution in [0.2, 0.25) is 0 Å². The van der Waals surface area contributed by atoms with E-state index in [-0.39, 0.29) is 6.04 Å². The third-order valence-corrected chi connectivity index (χ3v) is 2.10. The highest BCUT2D eigenvalue weighted by atomic mass is 16.5. The first-order chi connectivity index (χ1) is 6.65. The molecule has 0 aromatic heterocycles. The van der Waals surface area contributed by atoms with E-state index in [0.717, 1.165) is 11.3 Å². The van der Waals surface area contributed by atoms with Gasteiger partial charge in [0.15, 0.2) is 0 Å². The number of hydrogen-bond donors (Lipinski definition) is 2. The SMILES string of the molecule is CCOc1ccc([C@H](N)[C@H](C)O)cc1. The smallest absolute Gasteiger partial charge is 0.119 e. The molecule has 0 radical (unpaired) electrons. The molecule has 1 aromatic rings. The van der Waals surface area contributed by atoms with Crippen molar-refractivity contribution in [1.82, 2.24) is 0 Å². The van der Waals surface area contributed by atoms with Crippen molar-refractivity contribution in [3.63, 3.8) is 0 Å². The fourth-order valence-electron chi connectivity index (χ4n) is 1.23. The fourth-order valence-corrected chi connectivity index (χ4v) is 1.23. The van der Waals surface area contributed by atoms with Gasteiger partial charge >= 0.3 is 0 Å². The van der Waals surface area contributed by atoms with E-state index in [1.54, 1.807) is 6.92 Å². The molecule has 0 unspecified atom stereocenters. The molecule has 78 valence electrons. The second-order valence-electron chi connectivity index (χ2n) is 3.27. The summed E-state index contributed by atoms with van der Waals surface area (Å²) in [6, 6.07) is 7.15. The van der Waals surface area contributed by atoms with Crippen molar-refractivity contribution in [2.45, 2.75) is 26.0 Å². The Morgan fingerprint density at radius 1 is 1.36 bits per heavy atom. The lowest BCUT2D eigenvalue weighted by Crippen LogP contribution is -2.22. The molecule has 0 bridgehead atoms. The van der Waals surface area contributed by atoms with E-state index in [2.05, 4.69) is 0 Å². The summed E-state index contributed by atoms with van der Waals surface area (Å²) in [4.78, 5) is 0. The van der Waals surface area contributed by atoms with Crippen LogP contribution >= 0.6 is 0 Å². The summed E-state index contributed by atoms with van der Waals surface area (Å²) in [7, 11) is 0. The third-order valence-electron chi connectivity index (χ3n) is 2.10. The minimum atomic E-state index is -0.534.